The van der Waals surface area contributed by atoms with Crippen molar-refractivity contribution in [3.8, 4) is 21.8 Å². The molecule has 1 aliphatic heterocycles. The lowest BCUT2D eigenvalue weighted by atomic mass is 10.0. The molecule has 5 rings (SSSR count). The fourth-order valence-corrected chi connectivity index (χ4v) is 4.59. The van der Waals surface area contributed by atoms with Crippen molar-refractivity contribution in [3.05, 3.63) is 47.1 Å². The third-order valence-corrected chi connectivity index (χ3v) is 6.37. The van der Waals surface area contributed by atoms with E-state index in [1.807, 2.05) is 10.3 Å². The Hall–Kier alpha value is -2.51. The van der Waals surface area contributed by atoms with Crippen LogP contribution in [0.2, 0.25) is 0 Å². The molecule has 3 aromatic rings. The second-order valence-electron chi connectivity index (χ2n) is 7.70. The molecule has 6 nitrogen and oxygen atoms in total. The highest BCUT2D eigenvalue weighted by Gasteiger charge is 2.25. The van der Waals surface area contributed by atoms with Crippen molar-refractivity contribution < 1.29 is 4.79 Å². The van der Waals surface area contributed by atoms with Gasteiger partial charge in [-0.1, -0.05) is 24.3 Å². The van der Waals surface area contributed by atoms with Gasteiger partial charge in [0.2, 0.25) is 0 Å². The lowest BCUT2D eigenvalue weighted by Crippen LogP contribution is -2.51. The summed E-state index contributed by atoms with van der Waals surface area (Å²) in [6.07, 6.45) is 4.40. The van der Waals surface area contributed by atoms with Crippen LogP contribution in [0.1, 0.15) is 41.7 Å². The monoisotopic (exact) mass is 393 g/mol. The lowest BCUT2D eigenvalue weighted by molar-refractivity contribution is 0.0704. The maximum absolute atomic E-state index is 12.8. The van der Waals surface area contributed by atoms with Crippen LogP contribution in [0.3, 0.4) is 0 Å². The van der Waals surface area contributed by atoms with Crippen LogP contribution in [0, 0.1) is 0 Å². The number of benzene rings is 1. The zero-order chi connectivity index (χ0) is 19.1. The van der Waals surface area contributed by atoms with Crippen LogP contribution in [-0.4, -0.2) is 51.7 Å². The summed E-state index contributed by atoms with van der Waals surface area (Å²) in [7, 11) is 0. The normalized spacial score (nSPS) is 19.8. The van der Waals surface area contributed by atoms with E-state index in [1.165, 1.54) is 29.7 Å². The Kier molecular flexibility index (Phi) is 4.49. The molecule has 2 aliphatic rings. The van der Waals surface area contributed by atoms with Gasteiger partial charge in [0, 0.05) is 36.6 Å². The number of nitrogens with zero attached hydrogens (tertiary/aromatic N) is 3. The summed E-state index contributed by atoms with van der Waals surface area (Å²) in [5.74, 6) is 0.755. The maximum Gasteiger partial charge on any atom is 0.273 e. The standard InChI is InChI=1S/C21H23N5OS/c1-13-11-26(9-8-22-13)21(27)18-12-28-20(24-18)17-10-23-25-19(17)16-6-4-15(5-7-16)14-2-3-14/h4-7,10,12-14,22H,2-3,8-9,11H2,1H3,(H,23,25)/t13-/m0/s1. The van der Waals surface area contributed by atoms with Crippen molar-refractivity contribution in [1.82, 2.24) is 25.4 Å². The number of hydrogen-bond donors (Lipinski definition) is 2. The first-order valence-electron chi connectivity index (χ1n) is 9.81. The van der Waals surface area contributed by atoms with E-state index in [0.29, 0.717) is 11.7 Å². The zero-order valence-corrected chi connectivity index (χ0v) is 16.6. The minimum absolute atomic E-state index is 0.00896. The van der Waals surface area contributed by atoms with Gasteiger partial charge in [0.05, 0.1) is 17.5 Å². The highest BCUT2D eigenvalue weighted by molar-refractivity contribution is 7.13. The number of nitrogens with one attached hydrogen (secondary N) is 2. The molecule has 7 heteroatoms. The van der Waals surface area contributed by atoms with E-state index in [4.69, 9.17) is 0 Å². The molecule has 1 atom stereocenters. The average molecular weight is 394 g/mol. The van der Waals surface area contributed by atoms with E-state index in [-0.39, 0.29) is 5.91 Å². The second-order valence-corrected chi connectivity index (χ2v) is 8.56. The molecule has 2 fully saturated rings. The summed E-state index contributed by atoms with van der Waals surface area (Å²) in [6.45, 7) is 4.36. The Balaban J connectivity index is 1.39. The molecule has 1 amide bonds. The second kappa shape index (κ2) is 7.14. The topological polar surface area (TPSA) is 73.9 Å². The Morgan fingerprint density at radius 2 is 2.07 bits per heavy atom. The summed E-state index contributed by atoms with van der Waals surface area (Å²) < 4.78 is 0. The summed E-state index contributed by atoms with van der Waals surface area (Å²) in [4.78, 5) is 19.3. The molecule has 2 aromatic heterocycles. The first kappa shape index (κ1) is 17.6. The molecule has 0 unspecified atom stereocenters. The smallest absolute Gasteiger partial charge is 0.273 e. The fourth-order valence-electron chi connectivity index (χ4n) is 3.78. The van der Waals surface area contributed by atoms with Crippen molar-refractivity contribution in [3.63, 3.8) is 0 Å². The molecule has 3 heterocycles. The van der Waals surface area contributed by atoms with E-state index >= 15 is 0 Å². The van der Waals surface area contributed by atoms with E-state index in [1.54, 1.807) is 6.20 Å². The number of carbonyl (C=O) groups is 1. The van der Waals surface area contributed by atoms with Crippen LogP contribution in [0.5, 0.6) is 0 Å². The van der Waals surface area contributed by atoms with Gasteiger partial charge in [-0.05, 0) is 31.2 Å². The van der Waals surface area contributed by atoms with Gasteiger partial charge < -0.3 is 10.2 Å². The van der Waals surface area contributed by atoms with Crippen molar-refractivity contribution in [2.24, 2.45) is 0 Å². The van der Waals surface area contributed by atoms with Gasteiger partial charge >= 0.3 is 0 Å². The Morgan fingerprint density at radius 3 is 2.82 bits per heavy atom. The third-order valence-electron chi connectivity index (χ3n) is 5.50. The molecule has 1 saturated carbocycles. The number of amides is 1. The number of piperazine rings is 1. The number of H-pyrrole nitrogens is 1. The van der Waals surface area contributed by atoms with E-state index in [0.717, 1.165) is 47.4 Å². The number of carbonyl (C=O) groups excluding carboxylic acids is 1. The van der Waals surface area contributed by atoms with Gasteiger partial charge in [-0.15, -0.1) is 11.3 Å². The van der Waals surface area contributed by atoms with E-state index in [9.17, 15) is 4.79 Å². The van der Waals surface area contributed by atoms with Gasteiger partial charge in [-0.3, -0.25) is 9.89 Å². The molecule has 0 spiro atoms. The van der Waals surface area contributed by atoms with Crippen LogP contribution in [0.15, 0.2) is 35.8 Å². The van der Waals surface area contributed by atoms with Gasteiger partial charge in [-0.25, -0.2) is 4.98 Å². The molecule has 1 aromatic carbocycles. The van der Waals surface area contributed by atoms with Crippen molar-refractivity contribution >= 4 is 17.2 Å². The Labute approximate surface area is 168 Å². The maximum atomic E-state index is 12.8. The number of aromatic amines is 1. The molecule has 28 heavy (non-hydrogen) atoms. The van der Waals surface area contributed by atoms with Crippen molar-refractivity contribution in [1.29, 1.82) is 0 Å². The number of thiazole rings is 1. The fraction of sp³-hybridized carbons (Fsp3) is 0.381. The van der Waals surface area contributed by atoms with Crippen LogP contribution >= 0.6 is 11.3 Å². The Morgan fingerprint density at radius 1 is 1.25 bits per heavy atom. The summed E-state index contributed by atoms with van der Waals surface area (Å²) in [6, 6.07) is 9.02. The van der Waals surface area contributed by atoms with Crippen LogP contribution in [0.4, 0.5) is 0 Å². The van der Waals surface area contributed by atoms with Gasteiger partial charge in [0.25, 0.3) is 5.91 Å². The molecule has 0 radical (unpaired) electrons. The van der Waals surface area contributed by atoms with Crippen molar-refractivity contribution in [2.75, 3.05) is 19.6 Å². The highest BCUT2D eigenvalue weighted by Crippen LogP contribution is 2.41. The lowest BCUT2D eigenvalue weighted by Gasteiger charge is -2.31. The van der Waals surface area contributed by atoms with Crippen LogP contribution < -0.4 is 5.32 Å². The van der Waals surface area contributed by atoms with Crippen LogP contribution in [-0.2, 0) is 0 Å². The highest BCUT2D eigenvalue weighted by atomic mass is 32.1. The minimum atomic E-state index is 0.00896. The van der Waals surface area contributed by atoms with Gasteiger partial charge in [-0.2, -0.15) is 5.10 Å². The third kappa shape index (κ3) is 3.36. The predicted molar refractivity (Wildman–Crippen MR) is 110 cm³/mol. The first-order chi connectivity index (χ1) is 13.7. The van der Waals surface area contributed by atoms with Gasteiger partial charge in [0.15, 0.2) is 0 Å². The number of hydrogen-bond acceptors (Lipinski definition) is 5. The summed E-state index contributed by atoms with van der Waals surface area (Å²) >= 11 is 1.49. The molecule has 2 N–H and O–H groups in total. The largest absolute Gasteiger partial charge is 0.334 e. The number of rotatable bonds is 4. The Bertz CT molecular complexity index is 988. The van der Waals surface area contributed by atoms with E-state index < -0.39 is 0 Å². The van der Waals surface area contributed by atoms with Gasteiger partial charge in [0.1, 0.15) is 10.7 Å². The molecule has 1 saturated heterocycles. The summed E-state index contributed by atoms with van der Waals surface area (Å²) in [5.41, 5.74) is 4.92. The first-order valence-corrected chi connectivity index (χ1v) is 10.7. The quantitative estimate of drug-likeness (QED) is 0.711. The average Bonchev–Trinajstić information content (AvgIpc) is 3.25. The SMILES string of the molecule is C[C@H]1CN(C(=O)c2csc(-c3cn[nH]c3-c3ccc(C4CC4)cc3)n2)CCN1. The zero-order valence-electron chi connectivity index (χ0n) is 15.8. The summed E-state index contributed by atoms with van der Waals surface area (Å²) in [5, 5.41) is 13.4. The molecular weight excluding hydrogens is 370 g/mol. The van der Waals surface area contributed by atoms with E-state index in [2.05, 4.69) is 51.7 Å². The van der Waals surface area contributed by atoms with Crippen molar-refractivity contribution in [2.45, 2.75) is 31.7 Å². The molecule has 0 bridgehead atoms. The predicted octanol–water partition coefficient (Wildman–Crippen LogP) is 3.51. The molecule has 144 valence electrons. The minimum Gasteiger partial charge on any atom is -0.334 e. The van der Waals surface area contributed by atoms with Crippen LogP contribution in [0.25, 0.3) is 21.8 Å². The number of aromatic nitrogens is 3. The molecule has 1 aliphatic carbocycles. The molecular formula is C21H23N5OS.